The van der Waals surface area contributed by atoms with Crippen LogP contribution >= 0.6 is 23.4 Å². The molecule has 0 aliphatic carbocycles. The van der Waals surface area contributed by atoms with Crippen molar-refractivity contribution in [3.63, 3.8) is 0 Å². The van der Waals surface area contributed by atoms with Crippen LogP contribution in [0.5, 0.6) is 0 Å². The van der Waals surface area contributed by atoms with Gasteiger partial charge in [-0.25, -0.2) is 0 Å². The summed E-state index contributed by atoms with van der Waals surface area (Å²) in [4.78, 5) is 1.25. The highest BCUT2D eigenvalue weighted by Crippen LogP contribution is 2.43. The third-order valence-corrected chi connectivity index (χ3v) is 4.98. The Kier molecular flexibility index (Phi) is 2.89. The molecule has 0 saturated heterocycles. The van der Waals surface area contributed by atoms with Gasteiger partial charge in [0.1, 0.15) is 0 Å². The summed E-state index contributed by atoms with van der Waals surface area (Å²) in [5, 5.41) is 0.882. The second-order valence-electron chi connectivity index (χ2n) is 4.37. The highest BCUT2D eigenvalue weighted by molar-refractivity contribution is 7.98. The summed E-state index contributed by atoms with van der Waals surface area (Å²) >= 11 is 8.15. The predicted octanol–water partition coefficient (Wildman–Crippen LogP) is 5.10. The molecule has 0 spiro atoms. The van der Waals surface area contributed by atoms with Crippen LogP contribution in [-0.2, 0) is 5.75 Å². The molecule has 2 aromatic rings. The number of halogens is 1. The average molecular weight is 261 g/mol. The minimum atomic E-state index is 0.426. The van der Waals surface area contributed by atoms with E-state index in [9.17, 15) is 0 Å². The Morgan fingerprint density at radius 2 is 1.82 bits per heavy atom. The van der Waals surface area contributed by atoms with E-state index < -0.39 is 0 Å². The van der Waals surface area contributed by atoms with Gasteiger partial charge in [0.15, 0.2) is 0 Å². The number of hydrogen-bond donors (Lipinski definition) is 0. The molecule has 3 rings (SSSR count). The molecule has 17 heavy (non-hydrogen) atoms. The Morgan fingerprint density at radius 3 is 2.71 bits per heavy atom. The Hall–Kier alpha value is -0.920. The van der Waals surface area contributed by atoms with Crippen LogP contribution < -0.4 is 0 Å². The number of thioether (sulfide) groups is 1. The highest BCUT2D eigenvalue weighted by Gasteiger charge is 2.21. The minimum absolute atomic E-state index is 0.426. The molecular weight excluding hydrogens is 248 g/mol. The van der Waals surface area contributed by atoms with E-state index in [1.807, 2.05) is 23.9 Å². The first kappa shape index (κ1) is 11.2. The Bertz CT molecular complexity index is 563. The van der Waals surface area contributed by atoms with Crippen molar-refractivity contribution in [3.8, 4) is 0 Å². The monoisotopic (exact) mass is 260 g/mol. The number of benzene rings is 2. The number of rotatable bonds is 0. The lowest BCUT2D eigenvalue weighted by Crippen LogP contribution is -1.98. The molecule has 0 radical (unpaired) electrons. The summed E-state index contributed by atoms with van der Waals surface area (Å²) in [5.74, 6) is 1.44. The van der Waals surface area contributed by atoms with Gasteiger partial charge in [0, 0.05) is 16.6 Å². The van der Waals surface area contributed by atoms with Crippen LogP contribution in [0.1, 0.15) is 29.5 Å². The normalized spacial score (nSPS) is 18.1. The van der Waals surface area contributed by atoms with Gasteiger partial charge in [0.05, 0.1) is 5.02 Å². The van der Waals surface area contributed by atoms with Crippen LogP contribution in [-0.4, -0.2) is 0 Å². The van der Waals surface area contributed by atoms with E-state index in [2.05, 4.69) is 37.3 Å². The third-order valence-electron chi connectivity index (χ3n) is 3.36. The Morgan fingerprint density at radius 1 is 1.06 bits per heavy atom. The first-order valence-electron chi connectivity index (χ1n) is 5.76. The van der Waals surface area contributed by atoms with E-state index in [1.165, 1.54) is 21.6 Å². The fraction of sp³-hybridized carbons (Fsp3) is 0.200. The predicted molar refractivity (Wildman–Crippen MR) is 75.0 cm³/mol. The molecule has 1 unspecified atom stereocenters. The zero-order valence-electron chi connectivity index (χ0n) is 9.61. The van der Waals surface area contributed by atoms with Gasteiger partial charge in [-0.2, -0.15) is 0 Å². The summed E-state index contributed by atoms with van der Waals surface area (Å²) < 4.78 is 0. The van der Waals surface area contributed by atoms with Crippen LogP contribution in [0.3, 0.4) is 0 Å². The molecule has 0 amide bonds. The molecule has 2 heteroatoms. The fourth-order valence-corrected chi connectivity index (χ4v) is 3.95. The standard InChI is InChI=1S/C15H13ClS/c1-10-12-6-3-2-5-11(12)9-17-15-13(10)7-4-8-14(15)16/h2-8,10H,9H2,1H3. The molecule has 0 bridgehead atoms. The lowest BCUT2D eigenvalue weighted by atomic mass is 9.90. The van der Waals surface area contributed by atoms with Crippen LogP contribution in [0.2, 0.25) is 5.02 Å². The highest BCUT2D eigenvalue weighted by atomic mass is 35.5. The van der Waals surface area contributed by atoms with Crippen molar-refractivity contribution in [1.82, 2.24) is 0 Å². The van der Waals surface area contributed by atoms with Crippen LogP contribution in [0.4, 0.5) is 0 Å². The van der Waals surface area contributed by atoms with Gasteiger partial charge >= 0.3 is 0 Å². The largest absolute Gasteiger partial charge is 0.119 e. The molecule has 1 heterocycles. The summed E-state index contributed by atoms with van der Waals surface area (Å²) in [6, 6.07) is 14.9. The van der Waals surface area contributed by atoms with Crippen molar-refractivity contribution in [2.24, 2.45) is 0 Å². The first-order chi connectivity index (χ1) is 8.27. The van der Waals surface area contributed by atoms with Gasteiger partial charge in [-0.05, 0) is 22.8 Å². The van der Waals surface area contributed by atoms with E-state index in [-0.39, 0.29) is 0 Å². The lowest BCUT2D eigenvalue weighted by molar-refractivity contribution is 0.890. The fourth-order valence-electron chi connectivity index (χ4n) is 2.42. The van der Waals surface area contributed by atoms with Crippen LogP contribution in [0, 0.1) is 0 Å². The van der Waals surface area contributed by atoms with E-state index in [0.29, 0.717) is 5.92 Å². The van der Waals surface area contributed by atoms with Gasteiger partial charge in [0.2, 0.25) is 0 Å². The van der Waals surface area contributed by atoms with E-state index in [1.54, 1.807) is 0 Å². The van der Waals surface area contributed by atoms with Gasteiger partial charge < -0.3 is 0 Å². The number of fused-ring (bicyclic) bond motifs is 2. The van der Waals surface area contributed by atoms with Crippen molar-refractivity contribution in [2.75, 3.05) is 0 Å². The van der Waals surface area contributed by atoms with Gasteiger partial charge in [0.25, 0.3) is 0 Å². The van der Waals surface area contributed by atoms with Crippen molar-refractivity contribution < 1.29 is 0 Å². The molecule has 1 aliphatic rings. The molecule has 2 aromatic carbocycles. The van der Waals surface area contributed by atoms with Gasteiger partial charge in [-0.1, -0.05) is 54.9 Å². The summed E-state index contributed by atoms with van der Waals surface area (Å²) in [5.41, 5.74) is 4.21. The molecular formula is C15H13ClS. The molecule has 1 aliphatic heterocycles. The molecule has 0 nitrogen and oxygen atoms in total. The molecule has 0 saturated carbocycles. The van der Waals surface area contributed by atoms with E-state index >= 15 is 0 Å². The SMILES string of the molecule is CC1c2ccccc2CSc2c(Cl)cccc21. The Labute approximate surface area is 111 Å². The molecule has 0 N–H and O–H groups in total. The van der Waals surface area contributed by atoms with Crippen molar-refractivity contribution in [1.29, 1.82) is 0 Å². The maximum Gasteiger partial charge on any atom is 0.0544 e. The van der Waals surface area contributed by atoms with Gasteiger partial charge in [-0.15, -0.1) is 11.8 Å². The second-order valence-corrected chi connectivity index (χ2v) is 5.76. The second kappa shape index (κ2) is 4.40. The minimum Gasteiger partial charge on any atom is -0.119 e. The summed E-state index contributed by atoms with van der Waals surface area (Å²) in [6.45, 7) is 2.26. The quantitative estimate of drug-likeness (QED) is 0.635. The summed E-state index contributed by atoms with van der Waals surface area (Å²) in [7, 11) is 0. The first-order valence-corrected chi connectivity index (χ1v) is 7.12. The van der Waals surface area contributed by atoms with Crippen molar-refractivity contribution >= 4 is 23.4 Å². The third kappa shape index (κ3) is 1.88. The van der Waals surface area contributed by atoms with Crippen molar-refractivity contribution in [3.05, 3.63) is 64.2 Å². The molecule has 0 aromatic heterocycles. The van der Waals surface area contributed by atoms with Gasteiger partial charge in [-0.3, -0.25) is 0 Å². The zero-order valence-corrected chi connectivity index (χ0v) is 11.2. The maximum atomic E-state index is 6.30. The van der Waals surface area contributed by atoms with Crippen LogP contribution in [0.15, 0.2) is 47.4 Å². The zero-order chi connectivity index (χ0) is 11.8. The summed E-state index contributed by atoms with van der Waals surface area (Å²) in [6.07, 6.45) is 0. The smallest absolute Gasteiger partial charge is 0.0544 e. The lowest BCUT2D eigenvalue weighted by Gasteiger charge is -2.15. The molecule has 1 atom stereocenters. The number of hydrogen-bond acceptors (Lipinski definition) is 1. The maximum absolute atomic E-state index is 6.30. The topological polar surface area (TPSA) is 0 Å². The van der Waals surface area contributed by atoms with Crippen LogP contribution in [0.25, 0.3) is 0 Å². The molecule has 0 fully saturated rings. The van der Waals surface area contributed by atoms with E-state index in [4.69, 9.17) is 11.6 Å². The van der Waals surface area contributed by atoms with Crippen molar-refractivity contribution in [2.45, 2.75) is 23.5 Å². The Balaban J connectivity index is 2.20. The average Bonchev–Trinajstić information content (AvgIpc) is 2.50. The molecule has 86 valence electrons. The van der Waals surface area contributed by atoms with E-state index in [0.717, 1.165) is 10.8 Å².